The number of sulfone groups is 1. The molecule has 0 aromatic carbocycles. The molecule has 1 rings (SSSR count). The molecule has 8 nitrogen and oxygen atoms in total. The fourth-order valence-corrected chi connectivity index (χ4v) is 1.80. The summed E-state index contributed by atoms with van der Waals surface area (Å²) in [6.07, 6.45) is 1.06. The van der Waals surface area contributed by atoms with Gasteiger partial charge in [0.1, 0.15) is 5.75 Å². The molecule has 9 heteroatoms. The zero-order valence-corrected chi connectivity index (χ0v) is 10.6. The van der Waals surface area contributed by atoms with Crippen molar-refractivity contribution in [2.24, 2.45) is 5.41 Å². The maximum Gasteiger partial charge on any atom is 0.310 e. The lowest BCUT2D eigenvalue weighted by atomic mass is 9.94. The van der Waals surface area contributed by atoms with E-state index in [1.807, 2.05) is 0 Å². The number of aromatic nitrogens is 4. The van der Waals surface area contributed by atoms with Gasteiger partial charge >= 0.3 is 5.97 Å². The first-order valence-electron chi connectivity index (χ1n) is 4.78. The molecule has 0 spiro atoms. The summed E-state index contributed by atoms with van der Waals surface area (Å²) in [6.45, 7) is 3.04. The molecular formula is C8H14N4O4S. The van der Waals surface area contributed by atoms with Crippen molar-refractivity contribution in [1.82, 2.24) is 20.2 Å². The molecule has 0 amide bonds. The number of nitrogens with zero attached hydrogens (tertiary/aromatic N) is 4. The molecule has 0 atom stereocenters. The van der Waals surface area contributed by atoms with Crippen LogP contribution >= 0.6 is 0 Å². The summed E-state index contributed by atoms with van der Waals surface area (Å²) in [6, 6.07) is 0. The third-order valence-electron chi connectivity index (χ3n) is 2.12. The van der Waals surface area contributed by atoms with Gasteiger partial charge in [0, 0.05) is 6.26 Å². The first kappa shape index (κ1) is 13.6. The molecule has 0 fully saturated rings. The molecule has 0 saturated heterocycles. The summed E-state index contributed by atoms with van der Waals surface area (Å²) < 4.78 is 23.5. The minimum atomic E-state index is -3.26. The van der Waals surface area contributed by atoms with Crippen LogP contribution < -0.4 is 0 Å². The fourth-order valence-electron chi connectivity index (χ4n) is 1.13. The van der Waals surface area contributed by atoms with Gasteiger partial charge in [-0.15, -0.1) is 5.10 Å². The van der Waals surface area contributed by atoms with Crippen molar-refractivity contribution in [2.45, 2.75) is 26.1 Å². The van der Waals surface area contributed by atoms with Crippen molar-refractivity contribution < 1.29 is 18.3 Å². The first-order chi connectivity index (χ1) is 7.62. The normalized spacial score (nSPS) is 12.6. The van der Waals surface area contributed by atoms with Crippen molar-refractivity contribution in [3.05, 3.63) is 5.82 Å². The predicted molar refractivity (Wildman–Crippen MR) is 57.8 cm³/mol. The number of carboxylic acid groups (broad SMARTS) is 1. The van der Waals surface area contributed by atoms with Gasteiger partial charge in [0.2, 0.25) is 0 Å². The van der Waals surface area contributed by atoms with Crippen molar-refractivity contribution in [1.29, 1.82) is 0 Å². The maximum atomic E-state index is 11.1. The molecule has 1 N–H and O–H groups in total. The highest BCUT2D eigenvalue weighted by Gasteiger charge is 2.29. The van der Waals surface area contributed by atoms with Gasteiger partial charge in [-0.3, -0.25) is 4.79 Å². The van der Waals surface area contributed by atoms with Gasteiger partial charge in [0.15, 0.2) is 15.7 Å². The quantitative estimate of drug-likeness (QED) is 0.748. The molecular weight excluding hydrogens is 248 g/mol. The summed E-state index contributed by atoms with van der Waals surface area (Å²) in [5, 5.41) is 19.5. The van der Waals surface area contributed by atoms with Crippen LogP contribution in [0.3, 0.4) is 0 Å². The predicted octanol–water partition coefficient (Wildman–Crippen LogP) is -0.671. The van der Waals surface area contributed by atoms with Gasteiger partial charge in [0.25, 0.3) is 0 Å². The average Bonchev–Trinajstić information content (AvgIpc) is 2.48. The van der Waals surface area contributed by atoms with Crippen LogP contribution in [0.15, 0.2) is 0 Å². The van der Waals surface area contributed by atoms with Crippen molar-refractivity contribution >= 4 is 15.8 Å². The van der Waals surface area contributed by atoms with E-state index in [9.17, 15) is 13.2 Å². The molecule has 0 aliphatic rings. The summed E-state index contributed by atoms with van der Waals surface area (Å²) >= 11 is 0. The minimum absolute atomic E-state index is 0.0141. The number of aliphatic carboxylic acids is 1. The zero-order chi connectivity index (χ0) is 13.3. The Morgan fingerprint density at radius 1 is 1.47 bits per heavy atom. The van der Waals surface area contributed by atoms with E-state index < -0.39 is 21.2 Å². The molecule has 0 unspecified atom stereocenters. The van der Waals surface area contributed by atoms with Gasteiger partial charge in [0.05, 0.1) is 12.0 Å². The van der Waals surface area contributed by atoms with Crippen molar-refractivity contribution in [3.63, 3.8) is 0 Å². The molecule has 0 saturated carbocycles. The van der Waals surface area contributed by atoms with E-state index in [0.717, 1.165) is 6.26 Å². The summed E-state index contributed by atoms with van der Waals surface area (Å²) in [7, 11) is -3.26. The van der Waals surface area contributed by atoms with E-state index in [0.29, 0.717) is 0 Å². The second-order valence-corrected chi connectivity index (χ2v) is 6.65. The smallest absolute Gasteiger partial charge is 0.310 e. The third kappa shape index (κ3) is 3.77. The van der Waals surface area contributed by atoms with E-state index in [1.54, 1.807) is 0 Å². The van der Waals surface area contributed by atoms with E-state index in [2.05, 4.69) is 15.5 Å². The molecule has 96 valence electrons. The Labute approximate surface area is 98.6 Å². The van der Waals surface area contributed by atoms with Crippen molar-refractivity contribution in [2.75, 3.05) is 6.26 Å². The molecule has 0 aliphatic heterocycles. The Bertz CT molecular complexity index is 519. The van der Waals surface area contributed by atoms with Gasteiger partial charge in [-0.2, -0.15) is 0 Å². The largest absolute Gasteiger partial charge is 0.481 e. The lowest BCUT2D eigenvalue weighted by Crippen LogP contribution is -2.30. The standard InChI is InChI=1S/C8H14N4O4S/c1-8(2,7(13)14)5-12-6(9-10-11-12)4-17(3,15)16/h4-5H2,1-3H3,(H,13,14). The fraction of sp³-hybridized carbons (Fsp3) is 0.750. The molecule has 1 heterocycles. The van der Waals surface area contributed by atoms with Gasteiger partial charge in [-0.1, -0.05) is 0 Å². The summed E-state index contributed by atoms with van der Waals surface area (Å²) in [4.78, 5) is 10.9. The molecule has 0 radical (unpaired) electrons. The Balaban J connectivity index is 2.94. The maximum absolute atomic E-state index is 11.1. The number of hydrogen-bond donors (Lipinski definition) is 1. The Kier molecular flexibility index (Phi) is 3.51. The van der Waals surface area contributed by atoms with E-state index in [4.69, 9.17) is 5.11 Å². The van der Waals surface area contributed by atoms with Crippen LogP contribution in [0.4, 0.5) is 0 Å². The van der Waals surface area contributed by atoms with E-state index in [1.165, 1.54) is 18.5 Å². The first-order valence-corrected chi connectivity index (χ1v) is 6.84. The molecule has 0 bridgehead atoms. The topological polar surface area (TPSA) is 115 Å². The highest BCUT2D eigenvalue weighted by atomic mass is 32.2. The highest BCUT2D eigenvalue weighted by molar-refractivity contribution is 7.89. The lowest BCUT2D eigenvalue weighted by Gasteiger charge is -2.18. The Hall–Kier alpha value is -1.51. The molecule has 17 heavy (non-hydrogen) atoms. The second-order valence-electron chi connectivity index (χ2n) is 4.51. The van der Waals surface area contributed by atoms with Crippen LogP contribution in [-0.2, 0) is 26.9 Å². The van der Waals surface area contributed by atoms with E-state index >= 15 is 0 Å². The van der Waals surface area contributed by atoms with Gasteiger partial charge < -0.3 is 5.11 Å². The monoisotopic (exact) mass is 262 g/mol. The number of hydrogen-bond acceptors (Lipinski definition) is 6. The summed E-state index contributed by atoms with van der Waals surface area (Å²) in [5.74, 6) is -1.17. The molecule has 1 aromatic heterocycles. The van der Waals surface area contributed by atoms with Gasteiger partial charge in [-0.05, 0) is 24.3 Å². The van der Waals surface area contributed by atoms with Crippen LogP contribution in [0.1, 0.15) is 19.7 Å². The van der Waals surface area contributed by atoms with Crippen LogP contribution in [0.2, 0.25) is 0 Å². The van der Waals surface area contributed by atoms with E-state index in [-0.39, 0.29) is 18.1 Å². The van der Waals surface area contributed by atoms with Crippen LogP contribution in [-0.4, -0.2) is 46.0 Å². The van der Waals surface area contributed by atoms with Gasteiger partial charge in [-0.25, -0.2) is 13.1 Å². The minimum Gasteiger partial charge on any atom is -0.481 e. The number of carbonyl (C=O) groups is 1. The molecule has 0 aliphatic carbocycles. The van der Waals surface area contributed by atoms with Crippen LogP contribution in [0.5, 0.6) is 0 Å². The zero-order valence-electron chi connectivity index (χ0n) is 9.78. The Morgan fingerprint density at radius 3 is 2.53 bits per heavy atom. The highest BCUT2D eigenvalue weighted by Crippen LogP contribution is 2.18. The third-order valence-corrected chi connectivity index (χ3v) is 2.90. The Morgan fingerprint density at radius 2 is 2.06 bits per heavy atom. The SMILES string of the molecule is CC(C)(Cn1nnnc1CS(C)(=O)=O)C(=O)O. The number of tetrazole rings is 1. The average molecular weight is 262 g/mol. The lowest BCUT2D eigenvalue weighted by molar-refractivity contribution is -0.147. The van der Waals surface area contributed by atoms with Crippen molar-refractivity contribution in [3.8, 4) is 0 Å². The van der Waals surface area contributed by atoms with Crippen LogP contribution in [0, 0.1) is 5.41 Å². The van der Waals surface area contributed by atoms with Crippen LogP contribution in [0.25, 0.3) is 0 Å². The number of carboxylic acids is 1. The second kappa shape index (κ2) is 4.40. The molecule has 1 aromatic rings. The number of rotatable bonds is 5. The summed E-state index contributed by atoms with van der Waals surface area (Å²) in [5.41, 5.74) is -1.07.